The summed E-state index contributed by atoms with van der Waals surface area (Å²) >= 11 is 0. The maximum absolute atomic E-state index is 11.8. The molecule has 4 aromatic rings. The average molecular weight is 870 g/mol. The quantitative estimate of drug-likeness (QED) is 0.104. The van der Waals surface area contributed by atoms with E-state index in [0.29, 0.717) is 49.2 Å². The molecule has 0 heterocycles. The molecule has 0 radical (unpaired) electrons. The Morgan fingerprint density at radius 1 is 0.469 bits per heavy atom. The maximum atomic E-state index is 11.8. The molecule has 6 saturated carbocycles. The van der Waals surface area contributed by atoms with Crippen LogP contribution in [0.2, 0.25) is 0 Å². The van der Waals surface area contributed by atoms with Gasteiger partial charge >= 0.3 is 17.9 Å². The van der Waals surface area contributed by atoms with Crippen LogP contribution >= 0.6 is 0 Å². The molecule has 6 aliphatic rings. The van der Waals surface area contributed by atoms with E-state index in [9.17, 15) is 14.4 Å². The first-order valence-electron chi connectivity index (χ1n) is 24.3. The highest BCUT2D eigenvalue weighted by atomic mass is 16.5. The lowest BCUT2D eigenvalue weighted by atomic mass is 9.49. The van der Waals surface area contributed by atoms with Crippen LogP contribution in [-0.4, -0.2) is 67.2 Å². The lowest BCUT2D eigenvalue weighted by Gasteiger charge is -2.59. The Balaban J connectivity index is 0.000000143. The van der Waals surface area contributed by atoms with Crippen LogP contribution in [0, 0.1) is 34.0 Å². The number of ether oxygens (including phenoxy) is 3. The van der Waals surface area contributed by atoms with Crippen molar-refractivity contribution in [3.05, 3.63) is 144 Å². The van der Waals surface area contributed by atoms with Gasteiger partial charge in [-0.05, 0) is 116 Å². The van der Waals surface area contributed by atoms with Gasteiger partial charge in [-0.15, -0.1) is 0 Å². The maximum Gasteiger partial charge on any atom is 0.308 e. The number of hydrogen-bond acceptors (Lipinski definition) is 9. The van der Waals surface area contributed by atoms with E-state index in [1.807, 2.05) is 0 Å². The molecule has 6 aliphatic carbocycles. The number of esters is 3. The van der Waals surface area contributed by atoms with Gasteiger partial charge in [0, 0.05) is 47.0 Å². The lowest BCUT2D eigenvalue weighted by molar-refractivity contribution is -0.164. The Kier molecular flexibility index (Phi) is 13.6. The van der Waals surface area contributed by atoms with E-state index in [4.69, 9.17) is 17.9 Å². The number of carbonyl (C=O) groups excluding carboxylic acids is 3. The molecule has 6 fully saturated rings. The third-order valence-corrected chi connectivity index (χ3v) is 15.2. The summed E-state index contributed by atoms with van der Waals surface area (Å²) in [5, 5.41) is 0. The molecule has 2 N–H and O–H groups in total. The van der Waals surface area contributed by atoms with Crippen molar-refractivity contribution in [3.8, 4) is 0 Å². The number of rotatable bonds is 13. The fourth-order valence-electron chi connectivity index (χ4n) is 11.9. The van der Waals surface area contributed by atoms with Gasteiger partial charge in [0.1, 0.15) is 0 Å². The monoisotopic (exact) mass is 870 g/mol. The second-order valence-electron chi connectivity index (χ2n) is 20.1. The number of carbonyl (C=O) groups is 3. The fraction of sp³-hybridized carbons (Fsp3) is 0.509. The van der Waals surface area contributed by atoms with Crippen LogP contribution in [0.4, 0.5) is 0 Å². The van der Waals surface area contributed by atoms with Crippen molar-refractivity contribution in [2.24, 2.45) is 39.7 Å². The first kappa shape index (κ1) is 43.1. The van der Waals surface area contributed by atoms with Gasteiger partial charge in [0.25, 0.3) is 0 Å². The van der Waals surface area contributed by atoms with Crippen LogP contribution in [-0.2, 0) is 54.8 Å². The number of nitrogens with zero attached hydrogens (tertiary/aromatic N) is 2. The summed E-state index contributed by atoms with van der Waals surface area (Å²) in [5.74, 6) is -2.62. The largest absolute Gasteiger partial charge is 0.469 e. The molecule has 0 atom stereocenters. The number of hydrogen-bond donors (Lipinski definition) is 1. The minimum absolute atomic E-state index is 0.0236. The molecule has 10 rings (SSSR count). The van der Waals surface area contributed by atoms with Crippen LogP contribution in [0.1, 0.15) is 102 Å². The zero-order valence-corrected chi connectivity index (χ0v) is 38.1. The Morgan fingerprint density at radius 3 is 1.03 bits per heavy atom. The highest BCUT2D eigenvalue weighted by molar-refractivity contribution is 5.74. The number of nitrogens with two attached hydrogens (primary N) is 1. The van der Waals surface area contributed by atoms with Gasteiger partial charge in [0.2, 0.25) is 0 Å². The van der Waals surface area contributed by atoms with E-state index < -0.39 is 17.8 Å². The topological polar surface area (TPSA) is 111 Å². The van der Waals surface area contributed by atoms with Gasteiger partial charge in [-0.25, -0.2) is 0 Å². The molecule has 9 nitrogen and oxygen atoms in total. The second kappa shape index (κ2) is 20.1. The van der Waals surface area contributed by atoms with Crippen molar-refractivity contribution in [3.63, 3.8) is 0 Å². The van der Waals surface area contributed by atoms with Crippen LogP contribution in [0.15, 0.2) is 121 Å². The van der Waals surface area contributed by atoms with E-state index in [2.05, 4.69) is 136 Å². The first-order chi connectivity index (χ1) is 31.7. The van der Waals surface area contributed by atoms with E-state index in [1.54, 1.807) is 0 Å². The normalized spacial score (nSPS) is 33.1. The average Bonchev–Trinajstić information content (AvgIpc) is 3.26. The molecule has 4 aromatic carbocycles. The van der Waals surface area contributed by atoms with Crippen LogP contribution in [0.5, 0.6) is 0 Å². The molecule has 0 aromatic heterocycles. The van der Waals surface area contributed by atoms with Crippen molar-refractivity contribution in [1.29, 1.82) is 0 Å². The van der Waals surface area contributed by atoms with Gasteiger partial charge in [-0.3, -0.25) is 24.2 Å². The molecule has 9 heteroatoms. The Morgan fingerprint density at radius 2 is 0.750 bits per heavy atom. The molecule has 3 spiro atoms. The third kappa shape index (κ3) is 10.8. The van der Waals surface area contributed by atoms with Crippen LogP contribution in [0.25, 0.3) is 0 Å². The van der Waals surface area contributed by atoms with Gasteiger partial charge < -0.3 is 19.9 Å². The summed E-state index contributed by atoms with van der Waals surface area (Å²) in [6.45, 7) is 3.83. The Bertz CT molecular complexity index is 2140. The van der Waals surface area contributed by atoms with E-state index in [0.717, 1.165) is 64.7 Å². The zero-order valence-electron chi connectivity index (χ0n) is 40.1. The Labute approximate surface area is 383 Å². The summed E-state index contributed by atoms with van der Waals surface area (Å²) in [7, 11) is 4.23. The minimum Gasteiger partial charge on any atom is -0.469 e. The van der Waals surface area contributed by atoms with Crippen LogP contribution in [0.3, 0.4) is 0 Å². The smallest absolute Gasteiger partial charge is 0.308 e. The van der Waals surface area contributed by atoms with Crippen molar-refractivity contribution in [1.82, 2.24) is 9.80 Å². The van der Waals surface area contributed by atoms with E-state index in [-0.39, 0.29) is 28.7 Å². The summed E-state index contributed by atoms with van der Waals surface area (Å²) in [4.78, 5) is 39.9. The molecule has 0 unspecified atom stereocenters. The molecule has 0 saturated heterocycles. The summed E-state index contributed by atoms with van der Waals surface area (Å²) < 4.78 is 30.4. The highest BCUT2D eigenvalue weighted by Crippen LogP contribution is 2.62. The molecule has 64 heavy (non-hydrogen) atoms. The van der Waals surface area contributed by atoms with E-state index >= 15 is 0 Å². The van der Waals surface area contributed by atoms with Gasteiger partial charge in [-0.1, -0.05) is 121 Å². The Hall–Kier alpha value is -4.83. The summed E-state index contributed by atoms with van der Waals surface area (Å²) in [5.41, 5.74) is 11.9. The third-order valence-electron chi connectivity index (χ3n) is 15.2. The predicted octanol–water partition coefficient (Wildman–Crippen LogP) is 9.52. The van der Waals surface area contributed by atoms with Gasteiger partial charge in [0.15, 0.2) is 0 Å². The van der Waals surface area contributed by atoms with Crippen molar-refractivity contribution >= 4 is 17.9 Å². The number of methoxy groups -OCH3 is 3. The summed E-state index contributed by atoms with van der Waals surface area (Å²) in [6, 6.07) is 44.1. The van der Waals surface area contributed by atoms with Gasteiger partial charge in [0.05, 0.1) is 39.0 Å². The van der Waals surface area contributed by atoms with E-state index in [1.165, 1.54) is 56.4 Å². The number of benzene rings is 4. The predicted molar refractivity (Wildman–Crippen MR) is 249 cm³/mol. The molecule has 0 amide bonds. The molecule has 0 bridgehead atoms. The van der Waals surface area contributed by atoms with Crippen molar-refractivity contribution < 1.29 is 31.3 Å². The SMILES string of the molecule is COC(=O)C1CC2(C1)CC(N(Cc1ccccc1)Cc1ccccc1)C2.[2H]C1(C(=O)OC)CC2(CC(N(Cc3ccccc3)Cc3ccccc3)C2)C1.[2H]C1(C(=O)OC)CC2(CC(N)C2)C1. The second-order valence-corrected chi connectivity index (χ2v) is 20.1. The van der Waals surface area contributed by atoms with Crippen molar-refractivity contribution in [2.75, 3.05) is 21.3 Å². The van der Waals surface area contributed by atoms with Crippen molar-refractivity contribution in [2.45, 2.75) is 121 Å². The highest BCUT2D eigenvalue weighted by Gasteiger charge is 2.57. The standard InChI is InChI=1S/2C23H27NO2.C9H15NO2/c2*1-26-22(25)20-12-23(13-20)14-21(15-23)24(16-18-8-4-2-5-9-18)17-19-10-6-3-7-11-19;1-12-8(11)6-2-9(3-6)4-7(10)5-9/h2*2-11,20-21H,12-17H2,1H3;6-7H,2-5,10H2,1H3/i20D;;6D. The first-order valence-corrected chi connectivity index (χ1v) is 23.3. The van der Waals surface area contributed by atoms with Gasteiger partial charge in [-0.2, -0.15) is 0 Å². The lowest BCUT2D eigenvalue weighted by Crippen LogP contribution is -2.57. The molecular formula is C55H69N3O6. The summed E-state index contributed by atoms with van der Waals surface area (Å²) in [6.07, 6.45) is 11.1. The molecule has 0 aliphatic heterocycles. The molecule has 340 valence electrons. The molecular weight excluding hydrogens is 799 g/mol. The zero-order chi connectivity index (χ0) is 46.6. The fourth-order valence-corrected chi connectivity index (χ4v) is 11.9. The minimum atomic E-state index is -1.01. The van der Waals surface area contributed by atoms with Crippen LogP contribution < -0.4 is 5.73 Å².